The summed E-state index contributed by atoms with van der Waals surface area (Å²) in [4.78, 5) is 23.9. The quantitative estimate of drug-likeness (QED) is 0.310. The Kier molecular flexibility index (Phi) is 8.91. The molecular weight excluding hydrogens is 488 g/mol. The lowest BCUT2D eigenvalue weighted by atomic mass is 10.1. The van der Waals surface area contributed by atoms with Gasteiger partial charge in [0, 0.05) is 15.2 Å². The fourth-order valence-electron chi connectivity index (χ4n) is 2.41. The van der Waals surface area contributed by atoms with Gasteiger partial charge in [-0.05, 0) is 55.3 Å². The second-order valence-electron chi connectivity index (χ2n) is 6.21. The largest absolute Gasteiger partial charge is 0.490 e. The van der Waals surface area contributed by atoms with Crippen molar-refractivity contribution in [3.8, 4) is 17.6 Å². The van der Waals surface area contributed by atoms with Crippen molar-refractivity contribution in [1.29, 1.82) is 5.26 Å². The van der Waals surface area contributed by atoms with Crippen LogP contribution in [-0.4, -0.2) is 32.2 Å². The van der Waals surface area contributed by atoms with Gasteiger partial charge in [-0.2, -0.15) is 5.26 Å². The minimum atomic E-state index is -0.585. The number of carbonyl (C=O) groups excluding carboxylic acids is 2. The molecule has 162 valence electrons. The monoisotopic (exact) mass is 506 g/mol. The predicted octanol–water partition coefficient (Wildman–Crippen LogP) is 4.91. The van der Waals surface area contributed by atoms with Gasteiger partial charge in [0.1, 0.15) is 11.6 Å². The molecule has 0 atom stereocenters. The van der Waals surface area contributed by atoms with E-state index in [0.717, 1.165) is 5.56 Å². The smallest absolute Gasteiger partial charge is 0.343 e. The standard InChI is InChI=1S/C22H20BrClN2O5/c1-4-30-19-8-14(17(23)10-20(19)31-12-21(27)29-3)7-15(11-25)22(28)26-16-6-5-13(2)18(24)9-16/h5-10H,4,12H2,1-3H3,(H,26,28)/b15-7-. The minimum absolute atomic E-state index is 0.122. The van der Waals surface area contributed by atoms with Crippen LogP contribution in [0.5, 0.6) is 11.5 Å². The summed E-state index contributed by atoms with van der Waals surface area (Å²) in [5.74, 6) is -0.460. The summed E-state index contributed by atoms with van der Waals surface area (Å²) in [5, 5.41) is 12.7. The van der Waals surface area contributed by atoms with Crippen LogP contribution < -0.4 is 14.8 Å². The van der Waals surface area contributed by atoms with Crippen LogP contribution in [-0.2, 0) is 14.3 Å². The highest BCUT2D eigenvalue weighted by Gasteiger charge is 2.15. The van der Waals surface area contributed by atoms with E-state index >= 15 is 0 Å². The fourth-order valence-corrected chi connectivity index (χ4v) is 3.03. The van der Waals surface area contributed by atoms with E-state index in [4.69, 9.17) is 21.1 Å². The van der Waals surface area contributed by atoms with Gasteiger partial charge in [0.2, 0.25) is 0 Å². The molecule has 0 spiro atoms. The first kappa shape index (κ1) is 24.3. The normalized spacial score (nSPS) is 10.8. The lowest BCUT2D eigenvalue weighted by Crippen LogP contribution is -2.14. The maximum atomic E-state index is 12.6. The van der Waals surface area contributed by atoms with E-state index in [2.05, 4.69) is 26.0 Å². The van der Waals surface area contributed by atoms with E-state index in [-0.39, 0.29) is 12.2 Å². The molecule has 31 heavy (non-hydrogen) atoms. The summed E-state index contributed by atoms with van der Waals surface area (Å²) < 4.78 is 16.1. The van der Waals surface area contributed by atoms with E-state index in [0.29, 0.717) is 38.9 Å². The van der Waals surface area contributed by atoms with Crippen LogP contribution in [0.15, 0.2) is 40.4 Å². The first-order valence-corrected chi connectivity index (χ1v) is 10.3. The van der Waals surface area contributed by atoms with E-state index in [1.54, 1.807) is 37.3 Å². The Morgan fingerprint density at radius 2 is 1.94 bits per heavy atom. The Morgan fingerprint density at radius 1 is 1.23 bits per heavy atom. The molecule has 0 unspecified atom stereocenters. The predicted molar refractivity (Wildman–Crippen MR) is 121 cm³/mol. The highest BCUT2D eigenvalue weighted by molar-refractivity contribution is 9.10. The topological polar surface area (TPSA) is 97.6 Å². The van der Waals surface area contributed by atoms with Crippen LogP contribution in [0.25, 0.3) is 6.08 Å². The summed E-state index contributed by atoms with van der Waals surface area (Å²) in [5.41, 5.74) is 1.74. The number of ether oxygens (including phenoxy) is 3. The zero-order chi connectivity index (χ0) is 23.0. The molecule has 0 aromatic heterocycles. The molecule has 2 aromatic carbocycles. The zero-order valence-corrected chi connectivity index (χ0v) is 19.5. The van der Waals surface area contributed by atoms with Crippen molar-refractivity contribution < 1.29 is 23.8 Å². The number of esters is 1. The number of benzene rings is 2. The van der Waals surface area contributed by atoms with Crippen molar-refractivity contribution in [2.24, 2.45) is 0 Å². The summed E-state index contributed by atoms with van der Waals surface area (Å²) in [6.45, 7) is 3.70. The molecule has 0 heterocycles. The summed E-state index contributed by atoms with van der Waals surface area (Å²) >= 11 is 9.48. The first-order valence-electron chi connectivity index (χ1n) is 9.14. The average Bonchev–Trinajstić information content (AvgIpc) is 2.74. The van der Waals surface area contributed by atoms with Crippen LogP contribution in [0.2, 0.25) is 5.02 Å². The Bertz CT molecular complexity index is 1060. The van der Waals surface area contributed by atoms with E-state index in [1.165, 1.54) is 13.2 Å². The average molecular weight is 508 g/mol. The molecule has 2 rings (SSSR count). The maximum Gasteiger partial charge on any atom is 0.343 e. The molecule has 0 aliphatic carbocycles. The highest BCUT2D eigenvalue weighted by atomic mass is 79.9. The summed E-state index contributed by atoms with van der Waals surface area (Å²) in [6, 6.07) is 10.2. The SMILES string of the molecule is CCOc1cc(/C=C(/C#N)C(=O)Nc2ccc(C)c(Cl)c2)c(Br)cc1OCC(=O)OC. The Balaban J connectivity index is 2.32. The third kappa shape index (κ3) is 6.74. The molecule has 7 nitrogen and oxygen atoms in total. The number of hydrogen-bond donors (Lipinski definition) is 1. The maximum absolute atomic E-state index is 12.6. The second kappa shape index (κ2) is 11.4. The molecule has 2 aromatic rings. The molecule has 0 radical (unpaired) electrons. The second-order valence-corrected chi connectivity index (χ2v) is 7.47. The van der Waals surface area contributed by atoms with Gasteiger partial charge in [0.15, 0.2) is 18.1 Å². The van der Waals surface area contributed by atoms with Crippen LogP contribution in [0.3, 0.4) is 0 Å². The van der Waals surface area contributed by atoms with E-state index in [9.17, 15) is 14.9 Å². The molecule has 1 amide bonds. The van der Waals surface area contributed by atoms with Crippen molar-refractivity contribution in [3.05, 3.63) is 56.5 Å². The fraction of sp³-hybridized carbons (Fsp3) is 0.227. The van der Waals surface area contributed by atoms with Gasteiger partial charge in [-0.3, -0.25) is 4.79 Å². The molecule has 0 saturated heterocycles. The molecule has 9 heteroatoms. The number of nitriles is 1. The van der Waals surface area contributed by atoms with Crippen LogP contribution >= 0.6 is 27.5 Å². The minimum Gasteiger partial charge on any atom is -0.490 e. The van der Waals surface area contributed by atoms with Gasteiger partial charge in [-0.15, -0.1) is 0 Å². The van der Waals surface area contributed by atoms with E-state index in [1.807, 2.05) is 13.0 Å². The molecule has 0 aliphatic rings. The number of amides is 1. The number of aryl methyl sites for hydroxylation is 1. The number of halogens is 2. The molecule has 1 N–H and O–H groups in total. The lowest BCUT2D eigenvalue weighted by Gasteiger charge is -2.13. The van der Waals surface area contributed by atoms with Gasteiger partial charge in [0.05, 0.1) is 13.7 Å². The first-order chi connectivity index (χ1) is 14.8. The van der Waals surface area contributed by atoms with Crippen molar-refractivity contribution in [2.75, 3.05) is 25.6 Å². The zero-order valence-electron chi connectivity index (χ0n) is 17.1. The lowest BCUT2D eigenvalue weighted by molar-refractivity contribution is -0.142. The number of anilines is 1. The van der Waals surface area contributed by atoms with Gasteiger partial charge in [-0.25, -0.2) is 4.79 Å². The van der Waals surface area contributed by atoms with Gasteiger partial charge in [-0.1, -0.05) is 33.6 Å². The Hall–Kier alpha value is -3.02. The van der Waals surface area contributed by atoms with Gasteiger partial charge >= 0.3 is 5.97 Å². The van der Waals surface area contributed by atoms with Gasteiger partial charge < -0.3 is 19.5 Å². The molecule has 0 fully saturated rings. The number of hydrogen-bond acceptors (Lipinski definition) is 6. The number of carbonyl (C=O) groups is 2. The molecule has 0 bridgehead atoms. The number of nitrogens with one attached hydrogen (secondary N) is 1. The van der Waals surface area contributed by atoms with Crippen LogP contribution in [0, 0.1) is 18.3 Å². The highest BCUT2D eigenvalue weighted by Crippen LogP contribution is 2.35. The third-order valence-corrected chi connectivity index (χ3v) is 5.12. The Morgan fingerprint density at radius 3 is 2.55 bits per heavy atom. The Labute approximate surface area is 193 Å². The number of rotatable bonds is 8. The third-order valence-electron chi connectivity index (χ3n) is 4.03. The number of methoxy groups -OCH3 is 1. The summed E-state index contributed by atoms with van der Waals surface area (Å²) in [7, 11) is 1.26. The van der Waals surface area contributed by atoms with Crippen molar-refractivity contribution in [1.82, 2.24) is 0 Å². The van der Waals surface area contributed by atoms with E-state index < -0.39 is 11.9 Å². The van der Waals surface area contributed by atoms with Crippen molar-refractivity contribution in [2.45, 2.75) is 13.8 Å². The van der Waals surface area contributed by atoms with Crippen molar-refractivity contribution in [3.63, 3.8) is 0 Å². The molecule has 0 aliphatic heterocycles. The number of nitrogens with zero attached hydrogens (tertiary/aromatic N) is 1. The molecule has 0 saturated carbocycles. The summed E-state index contributed by atoms with van der Waals surface area (Å²) in [6.07, 6.45) is 1.42. The molecular formula is C22H20BrClN2O5. The van der Waals surface area contributed by atoms with Crippen LogP contribution in [0.4, 0.5) is 5.69 Å². The van der Waals surface area contributed by atoms with Crippen LogP contribution in [0.1, 0.15) is 18.1 Å². The van der Waals surface area contributed by atoms with Crippen molar-refractivity contribution >= 4 is 51.2 Å². The van der Waals surface area contributed by atoms with Gasteiger partial charge in [0.25, 0.3) is 5.91 Å².